The molecule has 0 radical (unpaired) electrons. The van der Waals surface area contributed by atoms with Crippen LogP contribution in [0.15, 0.2) is 0 Å². The van der Waals surface area contributed by atoms with Crippen molar-refractivity contribution >= 4 is 5.91 Å². The van der Waals surface area contributed by atoms with Crippen molar-refractivity contribution < 1.29 is 4.79 Å². The lowest BCUT2D eigenvalue weighted by Crippen LogP contribution is -2.63. The molecule has 0 aromatic heterocycles. The van der Waals surface area contributed by atoms with E-state index in [1.165, 1.54) is 64.2 Å². The van der Waals surface area contributed by atoms with Gasteiger partial charge in [0.1, 0.15) is 0 Å². The highest BCUT2D eigenvalue weighted by atomic mass is 16.2. The Hall–Kier alpha value is -0.610. The minimum atomic E-state index is -0.107. The van der Waals surface area contributed by atoms with Gasteiger partial charge in [-0.15, -0.1) is 0 Å². The molecule has 4 saturated carbocycles. The molecule has 43 heavy (non-hydrogen) atoms. The molecule has 5 aliphatic rings. The van der Waals surface area contributed by atoms with Gasteiger partial charge >= 0.3 is 0 Å². The summed E-state index contributed by atoms with van der Waals surface area (Å²) in [6, 6.07) is 0.403. The Bertz CT molecular complexity index is 985. The first-order chi connectivity index (χ1) is 20.2. The van der Waals surface area contributed by atoms with Crippen LogP contribution in [-0.2, 0) is 4.79 Å². The summed E-state index contributed by atoms with van der Waals surface area (Å²) < 4.78 is 0. The maximum atomic E-state index is 15.2. The molecular weight excluding hydrogens is 526 g/mol. The third-order valence-electron chi connectivity index (χ3n) is 15.5. The molecule has 0 N–H and O–H groups in total. The number of fused-ring (bicyclic) bond motifs is 3. The van der Waals surface area contributed by atoms with Crippen molar-refractivity contribution in [3.63, 3.8) is 0 Å². The van der Waals surface area contributed by atoms with E-state index in [-0.39, 0.29) is 5.41 Å². The highest BCUT2D eigenvalue weighted by Crippen LogP contribution is 2.75. The minimum Gasteiger partial charge on any atom is -0.338 e. The zero-order chi connectivity index (χ0) is 31.4. The van der Waals surface area contributed by atoms with E-state index in [0.717, 1.165) is 63.9 Å². The van der Waals surface area contributed by atoms with Gasteiger partial charge in [0.2, 0.25) is 5.91 Å². The van der Waals surface area contributed by atoms with Gasteiger partial charge in [0, 0.05) is 32.2 Å². The van der Waals surface area contributed by atoms with Crippen LogP contribution in [0.1, 0.15) is 139 Å². The fourth-order valence-electron chi connectivity index (χ4n) is 12.2. The van der Waals surface area contributed by atoms with Crippen molar-refractivity contribution in [1.82, 2.24) is 14.7 Å². The van der Waals surface area contributed by atoms with Crippen LogP contribution >= 0.6 is 0 Å². The predicted molar refractivity (Wildman–Crippen MR) is 182 cm³/mol. The number of hydrogen-bond acceptors (Lipinski definition) is 3. The maximum absolute atomic E-state index is 15.2. The molecule has 0 aromatic rings. The van der Waals surface area contributed by atoms with Crippen LogP contribution in [0.2, 0.25) is 0 Å². The monoisotopic (exact) mass is 598 g/mol. The molecule has 0 unspecified atom stereocenters. The summed E-state index contributed by atoms with van der Waals surface area (Å²) in [6.45, 7) is 29.1. The Kier molecular flexibility index (Phi) is 9.58. The molecule has 1 amide bonds. The van der Waals surface area contributed by atoms with Crippen LogP contribution in [-0.4, -0.2) is 73.0 Å². The third-order valence-corrected chi connectivity index (χ3v) is 15.5. The second-order valence-corrected chi connectivity index (χ2v) is 18.2. The topological polar surface area (TPSA) is 26.8 Å². The fourth-order valence-corrected chi connectivity index (χ4v) is 12.2. The number of amides is 1. The second kappa shape index (κ2) is 12.2. The van der Waals surface area contributed by atoms with Crippen molar-refractivity contribution in [2.45, 2.75) is 145 Å². The van der Waals surface area contributed by atoms with Crippen LogP contribution in [0.3, 0.4) is 0 Å². The molecule has 248 valence electrons. The number of hydrogen-bond donors (Lipinski definition) is 0. The molecular formula is C39H71N3O. The first kappa shape index (κ1) is 33.7. The number of carbonyl (C=O) groups is 1. The summed E-state index contributed by atoms with van der Waals surface area (Å²) in [5.41, 5.74) is 1.38. The lowest BCUT2D eigenvalue weighted by atomic mass is 9.38. The van der Waals surface area contributed by atoms with Crippen LogP contribution < -0.4 is 0 Å². The lowest BCUT2D eigenvalue weighted by Gasteiger charge is -2.67. The van der Waals surface area contributed by atoms with E-state index in [9.17, 15) is 0 Å². The Morgan fingerprint density at radius 3 is 2.21 bits per heavy atom. The zero-order valence-corrected chi connectivity index (χ0v) is 30.4. The normalized spacial score (nSPS) is 38.4. The van der Waals surface area contributed by atoms with Crippen LogP contribution in [0, 0.1) is 50.7 Å². The molecule has 5 fully saturated rings. The summed E-state index contributed by atoms with van der Waals surface area (Å²) >= 11 is 0. The van der Waals surface area contributed by atoms with Crippen molar-refractivity contribution in [3.05, 3.63) is 0 Å². The standard InChI is InChI=1S/C39H71N3O/c1-11-19-35(4,5)32-17-16-31-33-30(37(8)21-22-37)18-20-39(33,24-23-38(31,9)36(32,6)7)34(43)42-25-14-15-29(42)28-41(13-3)27-26-40(10)12-2/h29-33H,11-28H2,1-10H3/t29-,30+,31+,32+,33+,38+,39-/m0/s1. The third kappa shape index (κ3) is 5.67. The van der Waals surface area contributed by atoms with Gasteiger partial charge in [-0.05, 0) is 136 Å². The first-order valence-corrected chi connectivity index (χ1v) is 18.9. The molecule has 4 aliphatic carbocycles. The number of carbonyl (C=O) groups excluding carboxylic acids is 1. The van der Waals surface area contributed by atoms with Gasteiger partial charge in [-0.3, -0.25) is 4.79 Å². The van der Waals surface area contributed by atoms with Gasteiger partial charge in [-0.25, -0.2) is 0 Å². The Balaban J connectivity index is 1.43. The quantitative estimate of drug-likeness (QED) is 0.225. The number of likely N-dealkylation sites (N-methyl/N-ethyl adjacent to an activating group) is 2. The smallest absolute Gasteiger partial charge is 0.229 e. The van der Waals surface area contributed by atoms with Gasteiger partial charge in [0.15, 0.2) is 0 Å². The summed E-state index contributed by atoms with van der Waals surface area (Å²) in [5, 5.41) is 0. The molecule has 4 heteroatoms. The SMILES string of the molecule is CCCC(C)(C)[C@H]1CC[C@@H]2[C@H]3[C@H](C4(C)CC4)CC[C@]3(C(=O)N3CCC[C@H]3CN(CC)CCN(C)CC)CC[C@@]2(C)C1(C)C. The van der Waals surface area contributed by atoms with Crippen molar-refractivity contribution in [1.29, 1.82) is 0 Å². The average Bonchev–Trinajstić information content (AvgIpc) is 3.35. The van der Waals surface area contributed by atoms with Gasteiger partial charge in [0.05, 0.1) is 5.41 Å². The van der Waals surface area contributed by atoms with E-state index in [2.05, 4.69) is 84.1 Å². The van der Waals surface area contributed by atoms with E-state index in [4.69, 9.17) is 0 Å². The molecule has 0 bridgehead atoms. The summed E-state index contributed by atoms with van der Waals surface area (Å²) in [7, 11) is 2.23. The lowest BCUT2D eigenvalue weighted by molar-refractivity contribution is -0.193. The average molecular weight is 598 g/mol. The Labute approximate surface area is 267 Å². The summed E-state index contributed by atoms with van der Waals surface area (Å²) in [6.07, 6.45) is 15.3. The van der Waals surface area contributed by atoms with Crippen molar-refractivity contribution in [2.75, 3.05) is 46.3 Å². The van der Waals surface area contributed by atoms with Crippen LogP contribution in [0.4, 0.5) is 0 Å². The van der Waals surface area contributed by atoms with Crippen molar-refractivity contribution in [2.24, 2.45) is 50.7 Å². The number of nitrogens with zero attached hydrogens (tertiary/aromatic N) is 3. The van der Waals surface area contributed by atoms with Gasteiger partial charge in [-0.2, -0.15) is 0 Å². The van der Waals surface area contributed by atoms with E-state index in [1.807, 2.05) is 0 Å². The van der Waals surface area contributed by atoms with E-state index < -0.39 is 0 Å². The van der Waals surface area contributed by atoms with Crippen LogP contribution in [0.25, 0.3) is 0 Å². The van der Waals surface area contributed by atoms with Gasteiger partial charge in [-0.1, -0.05) is 68.7 Å². The first-order valence-electron chi connectivity index (χ1n) is 18.9. The van der Waals surface area contributed by atoms with Gasteiger partial charge < -0.3 is 14.7 Å². The maximum Gasteiger partial charge on any atom is 0.229 e. The highest BCUT2D eigenvalue weighted by molar-refractivity contribution is 5.84. The molecule has 1 saturated heterocycles. The van der Waals surface area contributed by atoms with E-state index in [0.29, 0.717) is 45.4 Å². The van der Waals surface area contributed by atoms with Crippen molar-refractivity contribution in [3.8, 4) is 0 Å². The molecule has 0 aromatic carbocycles. The molecule has 1 aliphatic heterocycles. The molecule has 5 rings (SSSR count). The predicted octanol–water partition coefficient (Wildman–Crippen LogP) is 8.74. The molecule has 0 spiro atoms. The summed E-state index contributed by atoms with van der Waals surface area (Å²) in [5.74, 6) is 3.38. The zero-order valence-electron chi connectivity index (χ0n) is 30.4. The molecule has 7 atom stereocenters. The van der Waals surface area contributed by atoms with E-state index >= 15 is 4.79 Å². The van der Waals surface area contributed by atoms with Gasteiger partial charge in [0.25, 0.3) is 0 Å². The Morgan fingerprint density at radius 1 is 0.860 bits per heavy atom. The number of rotatable bonds is 12. The largest absolute Gasteiger partial charge is 0.338 e. The second-order valence-electron chi connectivity index (χ2n) is 18.2. The Morgan fingerprint density at radius 2 is 1.58 bits per heavy atom. The minimum absolute atomic E-state index is 0.107. The fraction of sp³-hybridized carbons (Fsp3) is 0.974. The van der Waals surface area contributed by atoms with E-state index in [1.54, 1.807) is 0 Å². The summed E-state index contributed by atoms with van der Waals surface area (Å²) in [4.78, 5) is 22.7. The molecule has 1 heterocycles. The number of likely N-dealkylation sites (tertiary alicyclic amines) is 1. The van der Waals surface area contributed by atoms with Crippen LogP contribution in [0.5, 0.6) is 0 Å². The highest BCUT2D eigenvalue weighted by Gasteiger charge is 2.70. The molecule has 4 nitrogen and oxygen atoms in total.